The summed E-state index contributed by atoms with van der Waals surface area (Å²) in [4.78, 5) is 8.05. The third-order valence-electron chi connectivity index (χ3n) is 2.45. The van der Waals surface area contributed by atoms with Crippen LogP contribution >= 0.6 is 0 Å². The van der Waals surface area contributed by atoms with E-state index in [9.17, 15) is 0 Å². The van der Waals surface area contributed by atoms with Crippen molar-refractivity contribution in [3.8, 4) is 6.07 Å². The molecule has 0 amide bonds. The first-order valence-corrected chi connectivity index (χ1v) is 5.98. The molecule has 1 aromatic rings. The minimum Gasteiger partial charge on any atom is -0.368 e. The molecule has 1 aromatic heterocycles. The highest BCUT2D eigenvalue weighted by Gasteiger charge is 2.09. The average molecular weight is 232 g/mol. The molecule has 0 aliphatic rings. The van der Waals surface area contributed by atoms with Crippen LogP contribution in [0, 0.1) is 16.7 Å². The number of nitrogens with one attached hydrogen (secondary N) is 1. The first kappa shape index (κ1) is 13.4. The van der Waals surface area contributed by atoms with E-state index in [-0.39, 0.29) is 0 Å². The number of nitriles is 1. The van der Waals surface area contributed by atoms with Crippen molar-refractivity contribution in [2.45, 2.75) is 40.0 Å². The molecule has 0 spiro atoms. The Morgan fingerprint density at radius 1 is 1.24 bits per heavy atom. The van der Waals surface area contributed by atoms with E-state index in [0.29, 0.717) is 16.9 Å². The van der Waals surface area contributed by atoms with Crippen molar-refractivity contribution in [2.24, 2.45) is 5.41 Å². The van der Waals surface area contributed by atoms with E-state index in [1.165, 1.54) is 19.0 Å². The second kappa shape index (κ2) is 6.19. The van der Waals surface area contributed by atoms with Crippen LogP contribution in [0.3, 0.4) is 0 Å². The number of rotatable bonds is 5. The lowest BCUT2D eigenvalue weighted by Gasteiger charge is -2.17. The molecule has 0 radical (unpaired) electrons. The SMILES string of the molecule is CC(C)(C)CCCCNc1nccnc1C#N. The van der Waals surface area contributed by atoms with Crippen molar-refractivity contribution in [1.29, 1.82) is 5.26 Å². The van der Waals surface area contributed by atoms with Crippen LogP contribution in [0.5, 0.6) is 0 Å². The highest BCUT2D eigenvalue weighted by Crippen LogP contribution is 2.21. The lowest BCUT2D eigenvalue weighted by atomic mass is 9.90. The Balaban J connectivity index is 2.30. The number of aromatic nitrogens is 2. The normalized spacial score (nSPS) is 10.9. The van der Waals surface area contributed by atoms with E-state index < -0.39 is 0 Å². The Morgan fingerprint density at radius 2 is 1.94 bits per heavy atom. The van der Waals surface area contributed by atoms with Crippen LogP contribution in [0.1, 0.15) is 45.7 Å². The monoisotopic (exact) mass is 232 g/mol. The fourth-order valence-electron chi connectivity index (χ4n) is 1.54. The molecule has 1 N–H and O–H groups in total. The quantitative estimate of drug-likeness (QED) is 0.793. The summed E-state index contributed by atoms with van der Waals surface area (Å²) in [6, 6.07) is 2.02. The van der Waals surface area contributed by atoms with Gasteiger partial charge >= 0.3 is 0 Å². The van der Waals surface area contributed by atoms with E-state index >= 15 is 0 Å². The van der Waals surface area contributed by atoms with Gasteiger partial charge in [-0.05, 0) is 18.3 Å². The van der Waals surface area contributed by atoms with E-state index in [2.05, 4.69) is 36.1 Å². The molecule has 0 aliphatic heterocycles. The van der Waals surface area contributed by atoms with E-state index in [1.54, 1.807) is 6.20 Å². The zero-order chi connectivity index (χ0) is 12.7. The molecule has 4 nitrogen and oxygen atoms in total. The number of nitrogens with zero attached hydrogens (tertiary/aromatic N) is 3. The molecule has 0 fully saturated rings. The van der Waals surface area contributed by atoms with Crippen LogP contribution in [0.15, 0.2) is 12.4 Å². The van der Waals surface area contributed by atoms with Gasteiger partial charge in [0.2, 0.25) is 0 Å². The Labute approximate surface area is 103 Å². The predicted molar refractivity (Wildman–Crippen MR) is 68.5 cm³/mol. The van der Waals surface area contributed by atoms with Crippen molar-refractivity contribution in [3.05, 3.63) is 18.1 Å². The minimum absolute atomic E-state index is 0.364. The molecule has 0 bridgehead atoms. The van der Waals surface area contributed by atoms with Crippen molar-refractivity contribution in [2.75, 3.05) is 11.9 Å². The zero-order valence-corrected chi connectivity index (χ0v) is 10.8. The molecule has 92 valence electrons. The summed E-state index contributed by atoms with van der Waals surface area (Å²) in [6.45, 7) is 7.58. The van der Waals surface area contributed by atoms with Crippen LogP contribution in [0.25, 0.3) is 0 Å². The lowest BCUT2D eigenvalue weighted by Crippen LogP contribution is -2.08. The third kappa shape index (κ3) is 5.30. The summed E-state index contributed by atoms with van der Waals surface area (Å²) < 4.78 is 0. The van der Waals surface area contributed by atoms with Crippen LogP contribution in [0.2, 0.25) is 0 Å². The van der Waals surface area contributed by atoms with Gasteiger partial charge in [-0.25, -0.2) is 9.97 Å². The highest BCUT2D eigenvalue weighted by atomic mass is 15.0. The first-order chi connectivity index (χ1) is 8.03. The van der Waals surface area contributed by atoms with Gasteiger partial charge in [-0.15, -0.1) is 0 Å². The van der Waals surface area contributed by atoms with Gasteiger partial charge < -0.3 is 5.32 Å². The van der Waals surface area contributed by atoms with Gasteiger partial charge in [0.15, 0.2) is 11.5 Å². The first-order valence-electron chi connectivity index (χ1n) is 5.98. The molecule has 0 unspecified atom stereocenters. The molecule has 1 heterocycles. The Morgan fingerprint density at radius 3 is 2.59 bits per heavy atom. The van der Waals surface area contributed by atoms with E-state index in [1.807, 2.05) is 6.07 Å². The summed E-state index contributed by atoms with van der Waals surface area (Å²) in [5.41, 5.74) is 0.757. The fraction of sp³-hybridized carbons (Fsp3) is 0.615. The van der Waals surface area contributed by atoms with Crippen LogP contribution < -0.4 is 5.32 Å². The van der Waals surface area contributed by atoms with Gasteiger partial charge in [0.25, 0.3) is 0 Å². The molecule has 1 rings (SSSR count). The molecule has 0 aliphatic carbocycles. The van der Waals surface area contributed by atoms with Crippen LogP contribution in [0.4, 0.5) is 5.82 Å². The summed E-state index contributed by atoms with van der Waals surface area (Å²) >= 11 is 0. The fourth-order valence-corrected chi connectivity index (χ4v) is 1.54. The third-order valence-corrected chi connectivity index (χ3v) is 2.45. The molecule has 0 saturated heterocycles. The molecule has 17 heavy (non-hydrogen) atoms. The van der Waals surface area contributed by atoms with E-state index in [4.69, 9.17) is 5.26 Å². The maximum absolute atomic E-state index is 8.84. The average Bonchev–Trinajstić information content (AvgIpc) is 2.27. The maximum atomic E-state index is 8.84. The van der Waals surface area contributed by atoms with Crippen LogP contribution in [-0.4, -0.2) is 16.5 Å². The van der Waals surface area contributed by atoms with Gasteiger partial charge in [0.1, 0.15) is 6.07 Å². The van der Waals surface area contributed by atoms with Crippen molar-refractivity contribution < 1.29 is 0 Å². The Bertz CT molecular complexity index is 387. The second-order valence-electron chi connectivity index (χ2n) is 5.31. The van der Waals surface area contributed by atoms with E-state index in [0.717, 1.165) is 13.0 Å². The second-order valence-corrected chi connectivity index (χ2v) is 5.31. The van der Waals surface area contributed by atoms with Crippen LogP contribution in [-0.2, 0) is 0 Å². The Kier molecular flexibility index (Phi) is 4.89. The number of hydrogen-bond donors (Lipinski definition) is 1. The summed E-state index contributed by atoms with van der Waals surface area (Å²) in [5.74, 6) is 0.589. The Hall–Kier alpha value is -1.63. The summed E-state index contributed by atoms with van der Waals surface area (Å²) in [7, 11) is 0. The summed E-state index contributed by atoms with van der Waals surface area (Å²) in [5, 5.41) is 12.0. The van der Waals surface area contributed by atoms with Gasteiger partial charge in [-0.3, -0.25) is 0 Å². The van der Waals surface area contributed by atoms with Crippen molar-refractivity contribution in [3.63, 3.8) is 0 Å². The predicted octanol–water partition coefficient (Wildman–Crippen LogP) is 2.98. The molecular weight excluding hydrogens is 212 g/mol. The van der Waals surface area contributed by atoms with Gasteiger partial charge in [-0.1, -0.05) is 27.2 Å². The van der Waals surface area contributed by atoms with Gasteiger partial charge in [0, 0.05) is 18.9 Å². The zero-order valence-electron chi connectivity index (χ0n) is 10.8. The molecule has 0 atom stereocenters. The summed E-state index contributed by atoms with van der Waals surface area (Å²) in [6.07, 6.45) is 6.60. The minimum atomic E-state index is 0.364. The smallest absolute Gasteiger partial charge is 0.182 e. The van der Waals surface area contributed by atoms with Gasteiger partial charge in [-0.2, -0.15) is 5.26 Å². The molecule has 0 saturated carbocycles. The largest absolute Gasteiger partial charge is 0.368 e. The molecule has 0 aromatic carbocycles. The molecular formula is C13H20N4. The number of hydrogen-bond acceptors (Lipinski definition) is 4. The highest BCUT2D eigenvalue weighted by molar-refractivity contribution is 5.46. The van der Waals surface area contributed by atoms with Crippen molar-refractivity contribution in [1.82, 2.24) is 9.97 Å². The number of unbranched alkanes of at least 4 members (excludes halogenated alkanes) is 1. The molecule has 4 heteroatoms. The standard InChI is InChI=1S/C13H20N4/c1-13(2,3)6-4-5-7-16-12-11(10-14)15-8-9-17-12/h8-9H,4-7H2,1-3H3,(H,16,17). The number of anilines is 1. The maximum Gasteiger partial charge on any atom is 0.182 e. The van der Waals surface area contributed by atoms with Crippen molar-refractivity contribution >= 4 is 5.82 Å². The lowest BCUT2D eigenvalue weighted by molar-refractivity contribution is 0.362. The van der Waals surface area contributed by atoms with Gasteiger partial charge in [0.05, 0.1) is 0 Å². The topological polar surface area (TPSA) is 61.6 Å².